The first-order chi connectivity index (χ1) is 8.19. The van der Waals surface area contributed by atoms with E-state index in [1.54, 1.807) is 0 Å². The van der Waals surface area contributed by atoms with Gasteiger partial charge in [-0.25, -0.2) is 0 Å². The molecule has 3 aliphatic rings. The summed E-state index contributed by atoms with van der Waals surface area (Å²) in [5, 5.41) is 6.62. The summed E-state index contributed by atoms with van der Waals surface area (Å²) in [5.41, 5.74) is 0.378. The highest BCUT2D eigenvalue weighted by Gasteiger charge is 2.48. The quantitative estimate of drug-likeness (QED) is 0.628. The number of hydrogen-bond donors (Lipinski definition) is 2. The Hall–Kier alpha value is -0.650. The van der Waals surface area contributed by atoms with Gasteiger partial charge in [-0.05, 0) is 19.9 Å². The second kappa shape index (κ2) is 4.23. The molecule has 1 spiro atoms. The van der Waals surface area contributed by atoms with E-state index in [4.69, 9.17) is 4.74 Å². The zero-order valence-electron chi connectivity index (χ0n) is 10.4. The van der Waals surface area contributed by atoms with E-state index < -0.39 is 0 Å². The van der Waals surface area contributed by atoms with E-state index in [0.717, 1.165) is 32.7 Å². The summed E-state index contributed by atoms with van der Waals surface area (Å²) in [5.74, 6) is 0.168. The van der Waals surface area contributed by atoms with Crippen LogP contribution in [0.2, 0.25) is 0 Å². The Bertz CT molecular complexity index is 307. The van der Waals surface area contributed by atoms with Gasteiger partial charge in [-0.15, -0.1) is 0 Å². The zero-order chi connectivity index (χ0) is 11.9. The van der Waals surface area contributed by atoms with Crippen molar-refractivity contribution in [2.45, 2.75) is 25.6 Å². The average molecular weight is 239 g/mol. The Kier molecular flexibility index (Phi) is 2.84. The first-order valence-electron chi connectivity index (χ1n) is 6.54. The van der Waals surface area contributed by atoms with Gasteiger partial charge >= 0.3 is 0 Å². The summed E-state index contributed by atoms with van der Waals surface area (Å²) in [6.45, 7) is 7.49. The van der Waals surface area contributed by atoms with E-state index in [1.165, 1.54) is 6.42 Å². The van der Waals surface area contributed by atoms with Gasteiger partial charge in [-0.1, -0.05) is 0 Å². The fraction of sp³-hybridized carbons (Fsp3) is 0.917. The molecule has 0 aromatic rings. The molecular formula is C12H21N3O2. The van der Waals surface area contributed by atoms with Crippen LogP contribution in [0.25, 0.3) is 0 Å². The van der Waals surface area contributed by atoms with Crippen LogP contribution in [0, 0.1) is 5.41 Å². The molecule has 2 N–H and O–H groups in total. The summed E-state index contributed by atoms with van der Waals surface area (Å²) in [6, 6.07) is 0. The lowest BCUT2D eigenvalue weighted by molar-refractivity contribution is -0.160. The predicted octanol–water partition coefficient (Wildman–Crippen LogP) is -0.815. The van der Waals surface area contributed by atoms with Gasteiger partial charge in [0.2, 0.25) is 0 Å². The highest BCUT2D eigenvalue weighted by molar-refractivity contribution is 5.82. The van der Waals surface area contributed by atoms with Crippen molar-refractivity contribution >= 4 is 5.91 Å². The summed E-state index contributed by atoms with van der Waals surface area (Å²) in [6.07, 6.45) is 1.07. The van der Waals surface area contributed by atoms with Crippen molar-refractivity contribution in [3.05, 3.63) is 0 Å². The normalized spacial score (nSPS) is 35.9. The van der Waals surface area contributed by atoms with Crippen LogP contribution in [0.15, 0.2) is 0 Å². The summed E-state index contributed by atoms with van der Waals surface area (Å²) < 4.78 is 5.69. The fourth-order valence-electron chi connectivity index (χ4n) is 3.13. The first-order valence-corrected chi connectivity index (χ1v) is 6.54. The average Bonchev–Trinajstić information content (AvgIpc) is 2.75. The van der Waals surface area contributed by atoms with Crippen molar-refractivity contribution in [3.8, 4) is 0 Å². The number of morpholine rings is 1. The topological polar surface area (TPSA) is 53.6 Å². The van der Waals surface area contributed by atoms with Gasteiger partial charge in [0, 0.05) is 38.1 Å². The molecule has 5 heteroatoms. The van der Waals surface area contributed by atoms with Crippen LogP contribution < -0.4 is 10.6 Å². The van der Waals surface area contributed by atoms with Crippen molar-refractivity contribution < 1.29 is 9.53 Å². The highest BCUT2D eigenvalue weighted by Crippen LogP contribution is 2.36. The van der Waals surface area contributed by atoms with Gasteiger partial charge in [0.05, 0.1) is 6.10 Å². The third-order valence-electron chi connectivity index (χ3n) is 4.13. The molecule has 3 aliphatic heterocycles. The third kappa shape index (κ3) is 2.07. The van der Waals surface area contributed by atoms with Crippen LogP contribution in [0.4, 0.5) is 0 Å². The molecule has 0 radical (unpaired) electrons. The fourth-order valence-corrected chi connectivity index (χ4v) is 3.13. The van der Waals surface area contributed by atoms with E-state index in [2.05, 4.69) is 10.6 Å². The lowest BCUT2D eigenvalue weighted by Gasteiger charge is -2.49. The molecule has 3 saturated heterocycles. The molecule has 0 bridgehead atoms. The second-order valence-corrected chi connectivity index (χ2v) is 5.71. The van der Waals surface area contributed by atoms with Crippen LogP contribution in [-0.2, 0) is 9.53 Å². The van der Waals surface area contributed by atoms with Crippen LogP contribution >= 0.6 is 0 Å². The smallest absolute Gasteiger partial charge is 0.253 e. The molecule has 0 unspecified atom stereocenters. The van der Waals surface area contributed by atoms with Gasteiger partial charge in [0.1, 0.15) is 6.10 Å². The number of ether oxygens (including phenoxy) is 1. The maximum Gasteiger partial charge on any atom is 0.253 e. The Labute approximate surface area is 102 Å². The number of likely N-dealkylation sites (tertiary alicyclic amines) is 1. The van der Waals surface area contributed by atoms with Gasteiger partial charge in [0.15, 0.2) is 0 Å². The minimum atomic E-state index is -0.273. The SMILES string of the molecule is C[C@@H]1CNC[C@H](C(=O)N2CC3(CCNC3)C2)O1. The lowest BCUT2D eigenvalue weighted by atomic mass is 9.79. The van der Waals surface area contributed by atoms with Crippen molar-refractivity contribution in [1.29, 1.82) is 0 Å². The van der Waals surface area contributed by atoms with Gasteiger partial charge in [-0.3, -0.25) is 4.79 Å². The Morgan fingerprint density at radius 1 is 1.35 bits per heavy atom. The maximum atomic E-state index is 12.2. The number of nitrogens with zero attached hydrogens (tertiary/aromatic N) is 1. The zero-order valence-corrected chi connectivity index (χ0v) is 10.4. The van der Waals surface area contributed by atoms with Crippen LogP contribution in [0.3, 0.4) is 0 Å². The molecule has 17 heavy (non-hydrogen) atoms. The standard InChI is InChI=1S/C12H21N3O2/c1-9-4-14-5-10(17-9)11(16)15-7-12(8-15)2-3-13-6-12/h9-10,13-14H,2-8H2,1H3/t9-,10-/m1/s1. The van der Waals surface area contributed by atoms with E-state index in [-0.39, 0.29) is 18.1 Å². The maximum absolute atomic E-state index is 12.2. The molecule has 3 heterocycles. The number of hydrogen-bond acceptors (Lipinski definition) is 4. The molecule has 96 valence electrons. The molecular weight excluding hydrogens is 218 g/mol. The van der Waals surface area contributed by atoms with Crippen molar-refractivity contribution in [1.82, 2.24) is 15.5 Å². The van der Waals surface area contributed by atoms with Crippen molar-refractivity contribution in [2.75, 3.05) is 39.3 Å². The van der Waals surface area contributed by atoms with Crippen LogP contribution in [0.1, 0.15) is 13.3 Å². The van der Waals surface area contributed by atoms with E-state index >= 15 is 0 Å². The largest absolute Gasteiger partial charge is 0.363 e. The number of rotatable bonds is 1. The molecule has 0 saturated carbocycles. The number of nitrogens with one attached hydrogen (secondary N) is 2. The minimum Gasteiger partial charge on any atom is -0.363 e. The van der Waals surface area contributed by atoms with Gasteiger partial charge in [0.25, 0.3) is 5.91 Å². The number of carbonyl (C=O) groups is 1. The molecule has 3 rings (SSSR count). The van der Waals surface area contributed by atoms with E-state index in [0.29, 0.717) is 12.0 Å². The van der Waals surface area contributed by atoms with Crippen molar-refractivity contribution in [3.63, 3.8) is 0 Å². The minimum absolute atomic E-state index is 0.140. The highest BCUT2D eigenvalue weighted by atomic mass is 16.5. The number of carbonyl (C=O) groups excluding carboxylic acids is 1. The molecule has 0 aromatic carbocycles. The Morgan fingerprint density at radius 3 is 2.82 bits per heavy atom. The summed E-state index contributed by atoms with van der Waals surface area (Å²) in [4.78, 5) is 14.2. The molecule has 3 fully saturated rings. The van der Waals surface area contributed by atoms with Gasteiger partial charge < -0.3 is 20.3 Å². The molecule has 1 amide bonds. The van der Waals surface area contributed by atoms with Gasteiger partial charge in [-0.2, -0.15) is 0 Å². The third-order valence-corrected chi connectivity index (χ3v) is 4.13. The molecule has 0 aromatic heterocycles. The summed E-state index contributed by atoms with van der Waals surface area (Å²) >= 11 is 0. The first kappa shape index (κ1) is 11.4. The Balaban J connectivity index is 1.54. The molecule has 5 nitrogen and oxygen atoms in total. The van der Waals surface area contributed by atoms with Crippen LogP contribution in [-0.4, -0.2) is 62.3 Å². The monoisotopic (exact) mass is 239 g/mol. The van der Waals surface area contributed by atoms with Crippen molar-refractivity contribution in [2.24, 2.45) is 5.41 Å². The number of amides is 1. The Morgan fingerprint density at radius 2 is 2.18 bits per heavy atom. The van der Waals surface area contributed by atoms with E-state index in [1.807, 2.05) is 11.8 Å². The predicted molar refractivity (Wildman–Crippen MR) is 63.7 cm³/mol. The second-order valence-electron chi connectivity index (χ2n) is 5.71. The summed E-state index contributed by atoms with van der Waals surface area (Å²) in [7, 11) is 0. The molecule has 2 atom stereocenters. The van der Waals surface area contributed by atoms with E-state index in [9.17, 15) is 4.79 Å². The molecule has 0 aliphatic carbocycles. The van der Waals surface area contributed by atoms with Crippen LogP contribution in [0.5, 0.6) is 0 Å². The lowest BCUT2D eigenvalue weighted by Crippen LogP contribution is -2.63.